The summed E-state index contributed by atoms with van der Waals surface area (Å²) < 4.78 is 0. The molecule has 0 aromatic carbocycles. The van der Waals surface area contributed by atoms with E-state index in [0.29, 0.717) is 0 Å². The lowest BCUT2D eigenvalue weighted by Crippen LogP contribution is -2.40. The molecule has 0 aromatic heterocycles. The highest BCUT2D eigenvalue weighted by atomic mass is 15.2. The quantitative estimate of drug-likeness (QED) is 0.681. The first-order valence-electron chi connectivity index (χ1n) is 6.68. The van der Waals surface area contributed by atoms with Crippen molar-refractivity contribution in [3.05, 3.63) is 0 Å². The van der Waals surface area contributed by atoms with Gasteiger partial charge >= 0.3 is 0 Å². The topological polar surface area (TPSA) is 15.3 Å². The second-order valence-electron chi connectivity index (χ2n) is 5.11. The van der Waals surface area contributed by atoms with Gasteiger partial charge in [0.15, 0.2) is 0 Å². The molecule has 1 rings (SSSR count). The first kappa shape index (κ1) is 13.0. The Hall–Kier alpha value is -0.0800. The number of hydrogen-bond acceptors (Lipinski definition) is 2. The molecule has 1 heterocycles. The van der Waals surface area contributed by atoms with Crippen LogP contribution >= 0.6 is 0 Å². The van der Waals surface area contributed by atoms with E-state index in [9.17, 15) is 0 Å². The maximum absolute atomic E-state index is 3.49. The van der Waals surface area contributed by atoms with Crippen LogP contribution in [0.25, 0.3) is 0 Å². The molecular weight excluding hydrogens is 184 g/mol. The highest BCUT2D eigenvalue weighted by Crippen LogP contribution is 2.18. The third-order valence-corrected chi connectivity index (χ3v) is 3.61. The molecule has 90 valence electrons. The van der Waals surface area contributed by atoms with Crippen LogP contribution in [-0.4, -0.2) is 37.1 Å². The molecule has 1 aliphatic rings. The fraction of sp³-hybridized carbons (Fsp3) is 1.00. The fourth-order valence-electron chi connectivity index (χ4n) is 2.26. The molecule has 0 amide bonds. The molecular formula is C13H28N2. The summed E-state index contributed by atoms with van der Waals surface area (Å²) >= 11 is 0. The van der Waals surface area contributed by atoms with Gasteiger partial charge < -0.3 is 10.2 Å². The van der Waals surface area contributed by atoms with Gasteiger partial charge in [0.1, 0.15) is 0 Å². The number of hydrogen-bond donors (Lipinski definition) is 1. The molecule has 2 heteroatoms. The second-order valence-corrected chi connectivity index (χ2v) is 5.11. The summed E-state index contributed by atoms with van der Waals surface area (Å²) in [6.45, 7) is 12.0. The van der Waals surface area contributed by atoms with Crippen LogP contribution < -0.4 is 5.32 Å². The van der Waals surface area contributed by atoms with E-state index in [2.05, 4.69) is 31.0 Å². The third kappa shape index (κ3) is 4.98. The SMILES string of the molecule is CCCNCCC(C)N1CCC(C)CC1. The van der Waals surface area contributed by atoms with Gasteiger partial charge in [-0.1, -0.05) is 13.8 Å². The molecule has 15 heavy (non-hydrogen) atoms. The van der Waals surface area contributed by atoms with Crippen LogP contribution in [-0.2, 0) is 0 Å². The van der Waals surface area contributed by atoms with Crippen LogP contribution in [0, 0.1) is 5.92 Å². The minimum Gasteiger partial charge on any atom is -0.317 e. The highest BCUT2D eigenvalue weighted by Gasteiger charge is 2.19. The summed E-state index contributed by atoms with van der Waals surface area (Å²) in [5.74, 6) is 0.951. The summed E-state index contributed by atoms with van der Waals surface area (Å²) in [6, 6.07) is 0.766. The second kappa shape index (κ2) is 7.24. The summed E-state index contributed by atoms with van der Waals surface area (Å²) in [5.41, 5.74) is 0. The molecule has 0 aliphatic carbocycles. The average Bonchev–Trinajstić information content (AvgIpc) is 2.25. The number of piperidine rings is 1. The molecule has 1 aliphatic heterocycles. The van der Waals surface area contributed by atoms with Crippen molar-refractivity contribution in [1.29, 1.82) is 0 Å². The number of nitrogens with zero attached hydrogens (tertiary/aromatic N) is 1. The summed E-state index contributed by atoms with van der Waals surface area (Å²) in [6.07, 6.45) is 5.34. The summed E-state index contributed by atoms with van der Waals surface area (Å²) in [5, 5.41) is 3.49. The number of rotatable bonds is 6. The van der Waals surface area contributed by atoms with Crippen molar-refractivity contribution >= 4 is 0 Å². The molecule has 2 nitrogen and oxygen atoms in total. The Morgan fingerprint density at radius 2 is 1.93 bits per heavy atom. The fourth-order valence-corrected chi connectivity index (χ4v) is 2.26. The van der Waals surface area contributed by atoms with Gasteiger partial charge in [-0.25, -0.2) is 0 Å². The Kier molecular flexibility index (Phi) is 6.26. The predicted molar refractivity (Wildman–Crippen MR) is 67.2 cm³/mol. The van der Waals surface area contributed by atoms with Gasteiger partial charge in [-0.15, -0.1) is 0 Å². The smallest absolute Gasteiger partial charge is 0.00790 e. The maximum atomic E-state index is 3.49. The van der Waals surface area contributed by atoms with Gasteiger partial charge in [-0.3, -0.25) is 0 Å². The van der Waals surface area contributed by atoms with Crippen LogP contribution in [0.2, 0.25) is 0 Å². The van der Waals surface area contributed by atoms with E-state index in [1.54, 1.807) is 0 Å². The molecule has 0 aromatic rings. The van der Waals surface area contributed by atoms with E-state index in [1.807, 2.05) is 0 Å². The van der Waals surface area contributed by atoms with Crippen LogP contribution in [0.3, 0.4) is 0 Å². The molecule has 1 N–H and O–H groups in total. The van der Waals surface area contributed by atoms with Crippen LogP contribution in [0.5, 0.6) is 0 Å². The Morgan fingerprint density at radius 3 is 2.53 bits per heavy atom. The largest absolute Gasteiger partial charge is 0.317 e. The van der Waals surface area contributed by atoms with E-state index in [1.165, 1.54) is 51.9 Å². The van der Waals surface area contributed by atoms with Gasteiger partial charge in [0.25, 0.3) is 0 Å². The first-order chi connectivity index (χ1) is 7.24. The Bertz CT molecular complexity index is 151. The van der Waals surface area contributed by atoms with E-state index in [0.717, 1.165) is 12.0 Å². The molecule has 1 saturated heterocycles. The van der Waals surface area contributed by atoms with Gasteiger partial charge in [0.2, 0.25) is 0 Å². The minimum absolute atomic E-state index is 0.766. The third-order valence-electron chi connectivity index (χ3n) is 3.61. The maximum Gasteiger partial charge on any atom is 0.00790 e. The first-order valence-corrected chi connectivity index (χ1v) is 6.68. The van der Waals surface area contributed by atoms with Crippen molar-refractivity contribution in [2.75, 3.05) is 26.2 Å². The van der Waals surface area contributed by atoms with Crippen LogP contribution in [0.15, 0.2) is 0 Å². The van der Waals surface area contributed by atoms with E-state index in [4.69, 9.17) is 0 Å². The van der Waals surface area contributed by atoms with E-state index >= 15 is 0 Å². The zero-order chi connectivity index (χ0) is 11.1. The molecule has 1 atom stereocenters. The van der Waals surface area contributed by atoms with Crippen molar-refractivity contribution in [1.82, 2.24) is 10.2 Å². The zero-order valence-electron chi connectivity index (χ0n) is 10.8. The molecule has 1 fully saturated rings. The monoisotopic (exact) mass is 212 g/mol. The normalized spacial score (nSPS) is 21.8. The molecule has 0 spiro atoms. The van der Waals surface area contributed by atoms with E-state index < -0.39 is 0 Å². The van der Waals surface area contributed by atoms with Crippen LogP contribution in [0.1, 0.15) is 46.5 Å². The Morgan fingerprint density at radius 1 is 1.27 bits per heavy atom. The summed E-state index contributed by atoms with van der Waals surface area (Å²) in [4.78, 5) is 2.66. The Labute approximate surface area is 95.4 Å². The molecule has 0 bridgehead atoms. The lowest BCUT2D eigenvalue weighted by molar-refractivity contribution is 0.141. The standard InChI is InChI=1S/C13H28N2/c1-4-8-14-9-5-13(3)15-10-6-12(2)7-11-15/h12-14H,4-11H2,1-3H3. The van der Waals surface area contributed by atoms with Gasteiger partial charge in [-0.05, 0) is 64.7 Å². The Balaban J connectivity index is 2.08. The van der Waals surface area contributed by atoms with Crippen molar-refractivity contribution in [3.8, 4) is 0 Å². The lowest BCUT2D eigenvalue weighted by Gasteiger charge is -2.35. The number of likely N-dealkylation sites (tertiary alicyclic amines) is 1. The van der Waals surface area contributed by atoms with Crippen molar-refractivity contribution < 1.29 is 0 Å². The van der Waals surface area contributed by atoms with Gasteiger partial charge in [0, 0.05) is 6.04 Å². The molecule has 0 saturated carbocycles. The lowest BCUT2D eigenvalue weighted by atomic mass is 9.97. The van der Waals surface area contributed by atoms with E-state index in [-0.39, 0.29) is 0 Å². The molecule has 1 unspecified atom stereocenters. The van der Waals surface area contributed by atoms with Gasteiger partial charge in [-0.2, -0.15) is 0 Å². The number of nitrogens with one attached hydrogen (secondary N) is 1. The average molecular weight is 212 g/mol. The summed E-state index contributed by atoms with van der Waals surface area (Å²) in [7, 11) is 0. The predicted octanol–water partition coefficient (Wildman–Crippen LogP) is 2.50. The van der Waals surface area contributed by atoms with Crippen molar-refractivity contribution in [2.24, 2.45) is 5.92 Å². The van der Waals surface area contributed by atoms with Gasteiger partial charge in [0.05, 0.1) is 0 Å². The highest BCUT2D eigenvalue weighted by molar-refractivity contribution is 4.74. The molecule has 0 radical (unpaired) electrons. The zero-order valence-corrected chi connectivity index (χ0v) is 10.8. The van der Waals surface area contributed by atoms with Crippen molar-refractivity contribution in [3.63, 3.8) is 0 Å². The minimum atomic E-state index is 0.766. The van der Waals surface area contributed by atoms with Crippen molar-refractivity contribution in [2.45, 2.75) is 52.5 Å². The van der Waals surface area contributed by atoms with Crippen LogP contribution in [0.4, 0.5) is 0 Å².